The molecular weight excluding hydrogens is 302 g/mol. The monoisotopic (exact) mass is 315 g/mol. The maximum absolute atomic E-state index is 11.8. The largest absolute Gasteiger partial charge is 0.507 e. The lowest BCUT2D eigenvalue weighted by Crippen LogP contribution is -2.29. The molecule has 0 radical (unpaired) electrons. The normalized spacial score (nSPS) is 11.9. The quantitative estimate of drug-likeness (QED) is 0.775. The minimum absolute atomic E-state index is 0.00918. The third-order valence-electron chi connectivity index (χ3n) is 2.34. The van der Waals surface area contributed by atoms with E-state index in [0.717, 1.165) is 0 Å². The average molecular weight is 316 g/mol. The summed E-state index contributed by atoms with van der Waals surface area (Å²) in [5, 5.41) is 20.7. The molecule has 1 unspecified atom stereocenters. The Morgan fingerprint density at radius 1 is 1.44 bits per heavy atom. The first-order valence-corrected chi connectivity index (χ1v) is 6.18. The number of hydrogen-bond donors (Lipinski definition) is 3. The summed E-state index contributed by atoms with van der Waals surface area (Å²) in [6.45, 7) is 1.98. The molecule has 3 N–H and O–H groups in total. The zero-order valence-corrected chi connectivity index (χ0v) is 11.4. The molecule has 1 amide bonds. The highest BCUT2D eigenvalue weighted by Gasteiger charge is 2.13. The van der Waals surface area contributed by atoms with E-state index in [4.69, 9.17) is 5.11 Å². The SMILES string of the molecule is CC(CNC(=O)c1cc(Br)ccc1O)CC(=O)O. The molecule has 0 aliphatic carbocycles. The van der Waals surface area contributed by atoms with E-state index >= 15 is 0 Å². The summed E-state index contributed by atoms with van der Waals surface area (Å²) in [4.78, 5) is 22.2. The van der Waals surface area contributed by atoms with Crippen molar-refractivity contribution in [1.82, 2.24) is 5.32 Å². The fraction of sp³-hybridized carbons (Fsp3) is 0.333. The molecule has 1 aromatic carbocycles. The molecule has 0 heterocycles. The molecule has 6 heteroatoms. The highest BCUT2D eigenvalue weighted by atomic mass is 79.9. The number of benzene rings is 1. The van der Waals surface area contributed by atoms with E-state index in [2.05, 4.69) is 21.2 Å². The van der Waals surface area contributed by atoms with Gasteiger partial charge in [-0.05, 0) is 24.1 Å². The van der Waals surface area contributed by atoms with E-state index in [1.165, 1.54) is 12.1 Å². The number of halogens is 1. The van der Waals surface area contributed by atoms with Gasteiger partial charge in [-0.1, -0.05) is 22.9 Å². The van der Waals surface area contributed by atoms with Crippen molar-refractivity contribution < 1.29 is 19.8 Å². The highest BCUT2D eigenvalue weighted by Crippen LogP contribution is 2.21. The molecule has 0 fully saturated rings. The van der Waals surface area contributed by atoms with Gasteiger partial charge in [0.2, 0.25) is 0 Å². The first-order chi connectivity index (χ1) is 8.40. The van der Waals surface area contributed by atoms with Crippen LogP contribution in [0, 0.1) is 5.92 Å². The van der Waals surface area contributed by atoms with Crippen molar-refractivity contribution in [3.8, 4) is 5.75 Å². The molecular formula is C12H14BrNO4. The van der Waals surface area contributed by atoms with Crippen molar-refractivity contribution in [3.63, 3.8) is 0 Å². The number of hydrogen-bond acceptors (Lipinski definition) is 3. The van der Waals surface area contributed by atoms with E-state index in [1.807, 2.05) is 0 Å². The van der Waals surface area contributed by atoms with Crippen LogP contribution in [-0.4, -0.2) is 28.6 Å². The molecule has 0 saturated carbocycles. The minimum Gasteiger partial charge on any atom is -0.507 e. The van der Waals surface area contributed by atoms with Crippen LogP contribution in [0.4, 0.5) is 0 Å². The smallest absolute Gasteiger partial charge is 0.303 e. The van der Waals surface area contributed by atoms with Crippen LogP contribution in [0.5, 0.6) is 5.75 Å². The molecule has 5 nitrogen and oxygen atoms in total. The number of nitrogens with one attached hydrogen (secondary N) is 1. The Labute approximate surface area is 113 Å². The van der Waals surface area contributed by atoms with Gasteiger partial charge in [0, 0.05) is 17.4 Å². The van der Waals surface area contributed by atoms with Gasteiger partial charge in [-0.15, -0.1) is 0 Å². The van der Waals surface area contributed by atoms with Gasteiger partial charge in [0.25, 0.3) is 5.91 Å². The Morgan fingerprint density at radius 2 is 2.11 bits per heavy atom. The van der Waals surface area contributed by atoms with Crippen LogP contribution >= 0.6 is 15.9 Å². The molecule has 1 rings (SSSR count). The zero-order valence-electron chi connectivity index (χ0n) is 9.81. The summed E-state index contributed by atoms with van der Waals surface area (Å²) in [6.07, 6.45) is -0.00918. The highest BCUT2D eigenvalue weighted by molar-refractivity contribution is 9.10. The number of amides is 1. The Morgan fingerprint density at radius 3 is 2.72 bits per heavy atom. The van der Waals surface area contributed by atoms with Crippen molar-refractivity contribution in [2.45, 2.75) is 13.3 Å². The van der Waals surface area contributed by atoms with Crippen LogP contribution in [-0.2, 0) is 4.79 Å². The van der Waals surface area contributed by atoms with Gasteiger partial charge in [-0.25, -0.2) is 0 Å². The van der Waals surface area contributed by atoms with E-state index in [-0.39, 0.29) is 30.2 Å². The Bertz CT molecular complexity index is 461. The predicted octanol–water partition coefficient (Wildman–Crippen LogP) is 2.00. The van der Waals surface area contributed by atoms with Gasteiger partial charge in [0.05, 0.1) is 5.56 Å². The summed E-state index contributed by atoms with van der Waals surface area (Å²) in [6, 6.07) is 4.55. The number of carbonyl (C=O) groups excluding carboxylic acids is 1. The molecule has 1 aromatic rings. The Hall–Kier alpha value is -1.56. The van der Waals surface area contributed by atoms with Crippen LogP contribution in [0.2, 0.25) is 0 Å². The van der Waals surface area contributed by atoms with Gasteiger partial charge in [-0.2, -0.15) is 0 Å². The summed E-state index contributed by atoms with van der Waals surface area (Å²) in [5.74, 6) is -1.60. The van der Waals surface area contributed by atoms with Crippen molar-refractivity contribution in [1.29, 1.82) is 0 Å². The van der Waals surface area contributed by atoms with E-state index in [9.17, 15) is 14.7 Å². The molecule has 0 aliphatic rings. The maximum atomic E-state index is 11.8. The third-order valence-corrected chi connectivity index (χ3v) is 2.83. The van der Waals surface area contributed by atoms with Crippen molar-refractivity contribution in [3.05, 3.63) is 28.2 Å². The Kier molecular flexibility index (Phi) is 5.15. The molecule has 98 valence electrons. The number of carboxylic acid groups (broad SMARTS) is 1. The lowest BCUT2D eigenvalue weighted by atomic mass is 10.1. The van der Waals surface area contributed by atoms with Crippen LogP contribution in [0.25, 0.3) is 0 Å². The lowest BCUT2D eigenvalue weighted by molar-refractivity contribution is -0.137. The molecule has 1 atom stereocenters. The number of aliphatic carboxylic acids is 1. The minimum atomic E-state index is -0.901. The second-order valence-electron chi connectivity index (χ2n) is 4.07. The first-order valence-electron chi connectivity index (χ1n) is 5.38. The molecule has 0 saturated heterocycles. The predicted molar refractivity (Wildman–Crippen MR) is 69.6 cm³/mol. The summed E-state index contributed by atoms with van der Waals surface area (Å²) < 4.78 is 0.684. The van der Waals surface area contributed by atoms with Crippen LogP contribution in [0.1, 0.15) is 23.7 Å². The molecule has 0 bridgehead atoms. The lowest BCUT2D eigenvalue weighted by Gasteiger charge is -2.11. The third kappa shape index (κ3) is 4.37. The topological polar surface area (TPSA) is 86.6 Å². The number of phenols is 1. The van der Waals surface area contributed by atoms with Crippen molar-refractivity contribution in [2.24, 2.45) is 5.92 Å². The number of phenolic OH excluding ortho intramolecular Hbond substituents is 1. The van der Waals surface area contributed by atoms with Crippen LogP contribution < -0.4 is 5.32 Å². The molecule has 0 aromatic heterocycles. The number of carboxylic acids is 1. The zero-order chi connectivity index (χ0) is 13.7. The standard InChI is InChI=1S/C12H14BrNO4/c1-7(4-11(16)17)6-14-12(18)9-5-8(13)2-3-10(9)15/h2-3,5,7,15H,4,6H2,1H3,(H,14,18)(H,16,17). The van der Waals surface area contributed by atoms with Crippen LogP contribution in [0.3, 0.4) is 0 Å². The average Bonchev–Trinajstić information content (AvgIpc) is 2.28. The summed E-state index contributed by atoms with van der Waals surface area (Å²) in [7, 11) is 0. The molecule has 0 spiro atoms. The number of carbonyl (C=O) groups is 2. The molecule has 18 heavy (non-hydrogen) atoms. The number of aromatic hydroxyl groups is 1. The van der Waals surface area contributed by atoms with Crippen molar-refractivity contribution in [2.75, 3.05) is 6.54 Å². The van der Waals surface area contributed by atoms with Gasteiger partial charge < -0.3 is 15.5 Å². The summed E-state index contributed by atoms with van der Waals surface area (Å²) >= 11 is 3.21. The van der Waals surface area contributed by atoms with E-state index in [1.54, 1.807) is 13.0 Å². The summed E-state index contributed by atoms with van der Waals surface area (Å²) in [5.41, 5.74) is 0.159. The van der Waals surface area contributed by atoms with Gasteiger partial charge in [0.1, 0.15) is 5.75 Å². The molecule has 0 aliphatic heterocycles. The fourth-order valence-electron chi connectivity index (χ4n) is 1.42. The van der Waals surface area contributed by atoms with Crippen molar-refractivity contribution >= 4 is 27.8 Å². The number of rotatable bonds is 5. The fourth-order valence-corrected chi connectivity index (χ4v) is 1.78. The van der Waals surface area contributed by atoms with E-state index in [0.29, 0.717) is 4.47 Å². The van der Waals surface area contributed by atoms with Gasteiger partial charge in [-0.3, -0.25) is 9.59 Å². The van der Waals surface area contributed by atoms with Gasteiger partial charge in [0.15, 0.2) is 0 Å². The van der Waals surface area contributed by atoms with E-state index < -0.39 is 11.9 Å². The Balaban J connectivity index is 2.60. The first kappa shape index (κ1) is 14.5. The second kappa shape index (κ2) is 6.39. The van der Waals surface area contributed by atoms with Crippen LogP contribution in [0.15, 0.2) is 22.7 Å². The maximum Gasteiger partial charge on any atom is 0.303 e. The second-order valence-corrected chi connectivity index (χ2v) is 4.99. The van der Waals surface area contributed by atoms with Gasteiger partial charge >= 0.3 is 5.97 Å².